The van der Waals surface area contributed by atoms with Crippen LogP contribution in [0, 0.1) is 11.3 Å². The summed E-state index contributed by atoms with van der Waals surface area (Å²) in [5.74, 6) is -0.983. The Labute approximate surface area is 156 Å². The van der Waals surface area contributed by atoms with Crippen LogP contribution in [0.5, 0.6) is 0 Å². The highest BCUT2D eigenvalue weighted by atomic mass is 32.1. The number of aryl methyl sites for hydroxylation is 2. The largest absolute Gasteiger partial charge is 0.448 e. The molecule has 2 aromatic rings. The number of esters is 1. The summed E-state index contributed by atoms with van der Waals surface area (Å²) in [6.45, 7) is 1.53. The van der Waals surface area contributed by atoms with Gasteiger partial charge in [0.15, 0.2) is 6.10 Å². The van der Waals surface area contributed by atoms with Gasteiger partial charge in [0.05, 0.1) is 5.56 Å². The van der Waals surface area contributed by atoms with E-state index in [0.29, 0.717) is 16.3 Å². The van der Waals surface area contributed by atoms with E-state index in [1.165, 1.54) is 29.6 Å². The van der Waals surface area contributed by atoms with Crippen molar-refractivity contribution < 1.29 is 14.3 Å². The predicted octanol–water partition coefficient (Wildman–Crippen LogP) is 3.41. The van der Waals surface area contributed by atoms with Crippen LogP contribution in [0.15, 0.2) is 18.3 Å². The molecule has 2 heterocycles. The van der Waals surface area contributed by atoms with Crippen molar-refractivity contribution in [2.75, 3.05) is 5.32 Å². The maximum atomic E-state index is 12.5. The van der Waals surface area contributed by atoms with Crippen LogP contribution in [-0.4, -0.2) is 22.5 Å². The zero-order chi connectivity index (χ0) is 18.7. The summed E-state index contributed by atoms with van der Waals surface area (Å²) in [4.78, 5) is 25.8. The number of nitrogens with zero attached hydrogens (tertiary/aromatic N) is 2. The van der Waals surface area contributed by atoms with Crippen molar-refractivity contribution in [2.24, 2.45) is 7.05 Å². The summed E-state index contributed by atoms with van der Waals surface area (Å²) < 4.78 is 6.89. The molecule has 1 aliphatic rings. The number of thiophene rings is 1. The van der Waals surface area contributed by atoms with Crippen LogP contribution in [0.2, 0.25) is 0 Å². The van der Waals surface area contributed by atoms with Crippen molar-refractivity contribution in [1.82, 2.24) is 4.57 Å². The second-order valence-corrected chi connectivity index (χ2v) is 7.53. The number of hydrogen-bond acceptors (Lipinski definition) is 5. The van der Waals surface area contributed by atoms with Crippen molar-refractivity contribution >= 4 is 28.2 Å². The molecule has 0 saturated carbocycles. The molecule has 0 unspecified atom stereocenters. The second-order valence-electron chi connectivity index (χ2n) is 6.42. The number of carbonyl (C=O) groups is 2. The van der Waals surface area contributed by atoms with Gasteiger partial charge in [-0.1, -0.05) is 6.42 Å². The fourth-order valence-corrected chi connectivity index (χ4v) is 4.35. The van der Waals surface area contributed by atoms with E-state index in [-0.39, 0.29) is 0 Å². The zero-order valence-corrected chi connectivity index (χ0v) is 15.7. The van der Waals surface area contributed by atoms with Gasteiger partial charge >= 0.3 is 5.97 Å². The van der Waals surface area contributed by atoms with Crippen molar-refractivity contribution in [3.8, 4) is 6.07 Å². The van der Waals surface area contributed by atoms with Crippen molar-refractivity contribution in [2.45, 2.75) is 45.1 Å². The molecule has 0 saturated heterocycles. The predicted molar refractivity (Wildman–Crippen MR) is 99.2 cm³/mol. The van der Waals surface area contributed by atoms with E-state index in [0.717, 1.165) is 31.2 Å². The van der Waals surface area contributed by atoms with E-state index in [2.05, 4.69) is 11.4 Å². The number of aromatic nitrogens is 1. The molecule has 6 nitrogen and oxygen atoms in total. The summed E-state index contributed by atoms with van der Waals surface area (Å²) in [5, 5.41) is 12.9. The minimum absolute atomic E-state index is 0.380. The first kappa shape index (κ1) is 18.2. The highest BCUT2D eigenvalue weighted by Crippen LogP contribution is 2.37. The Balaban J connectivity index is 1.71. The number of carbonyl (C=O) groups excluding carboxylic acids is 2. The second kappa shape index (κ2) is 7.75. The van der Waals surface area contributed by atoms with Gasteiger partial charge in [-0.3, -0.25) is 4.79 Å². The Kier molecular flexibility index (Phi) is 5.43. The standard InChI is InChI=1S/C19H21N3O3S/c1-12(25-19(24)15-8-6-10-22(15)2)17(23)21-18-14(11-20)13-7-4-3-5-9-16(13)26-18/h6,8,10,12H,3-5,7,9H2,1-2H3,(H,21,23)/t12-/m0/s1. The zero-order valence-electron chi connectivity index (χ0n) is 14.9. The van der Waals surface area contributed by atoms with Gasteiger partial charge in [-0.25, -0.2) is 4.79 Å². The van der Waals surface area contributed by atoms with Crippen LogP contribution in [0.3, 0.4) is 0 Å². The molecule has 0 fully saturated rings. The van der Waals surface area contributed by atoms with Crippen LogP contribution in [0.25, 0.3) is 0 Å². The molecule has 1 aliphatic carbocycles. The molecule has 136 valence electrons. The molecule has 0 aromatic carbocycles. The van der Waals surface area contributed by atoms with E-state index < -0.39 is 18.0 Å². The third kappa shape index (κ3) is 3.65. The SMILES string of the molecule is C[C@H](OC(=O)c1cccn1C)C(=O)Nc1sc2c(c1C#N)CCCCC2. The highest BCUT2D eigenvalue weighted by molar-refractivity contribution is 7.16. The van der Waals surface area contributed by atoms with Gasteiger partial charge in [0.2, 0.25) is 0 Å². The molecular weight excluding hydrogens is 350 g/mol. The van der Waals surface area contributed by atoms with Gasteiger partial charge < -0.3 is 14.6 Å². The number of anilines is 1. The summed E-state index contributed by atoms with van der Waals surface area (Å²) in [7, 11) is 1.74. The molecular formula is C19H21N3O3S. The van der Waals surface area contributed by atoms with Crippen LogP contribution in [-0.2, 0) is 29.4 Å². The maximum Gasteiger partial charge on any atom is 0.355 e. The first-order valence-corrected chi connectivity index (χ1v) is 9.50. The van der Waals surface area contributed by atoms with Gasteiger partial charge in [-0.2, -0.15) is 5.26 Å². The molecule has 26 heavy (non-hydrogen) atoms. The lowest BCUT2D eigenvalue weighted by molar-refractivity contribution is -0.123. The molecule has 1 N–H and O–H groups in total. The Morgan fingerprint density at radius 1 is 1.35 bits per heavy atom. The molecule has 7 heteroatoms. The van der Waals surface area contributed by atoms with Crippen molar-refractivity contribution in [1.29, 1.82) is 5.26 Å². The lowest BCUT2D eigenvalue weighted by atomic mass is 10.1. The molecule has 0 bridgehead atoms. The smallest absolute Gasteiger partial charge is 0.355 e. The summed E-state index contributed by atoms with van der Waals surface area (Å²) in [6.07, 6.45) is 5.95. The molecule has 0 radical (unpaired) electrons. The number of rotatable bonds is 4. The Bertz CT molecular complexity index is 875. The average Bonchev–Trinajstić information content (AvgIpc) is 3.10. The van der Waals surface area contributed by atoms with Crippen molar-refractivity contribution in [3.63, 3.8) is 0 Å². The first-order chi connectivity index (χ1) is 12.5. The van der Waals surface area contributed by atoms with Crippen LogP contribution < -0.4 is 5.32 Å². The van der Waals surface area contributed by atoms with E-state index in [9.17, 15) is 14.9 Å². The van der Waals surface area contributed by atoms with E-state index in [1.807, 2.05) is 0 Å². The Hall–Kier alpha value is -2.59. The van der Waals surface area contributed by atoms with E-state index in [1.54, 1.807) is 29.9 Å². The molecule has 3 rings (SSSR count). The minimum Gasteiger partial charge on any atom is -0.448 e. The Morgan fingerprint density at radius 2 is 2.12 bits per heavy atom. The molecule has 0 spiro atoms. The monoisotopic (exact) mass is 371 g/mol. The molecule has 2 aromatic heterocycles. The minimum atomic E-state index is -0.953. The van der Waals surface area contributed by atoms with Crippen molar-refractivity contribution in [3.05, 3.63) is 40.0 Å². The highest BCUT2D eigenvalue weighted by Gasteiger charge is 2.25. The fourth-order valence-electron chi connectivity index (χ4n) is 3.11. The molecule has 1 amide bonds. The fraction of sp³-hybridized carbons (Fsp3) is 0.421. The number of fused-ring (bicyclic) bond motifs is 1. The van der Waals surface area contributed by atoms with Crippen LogP contribution in [0.1, 0.15) is 52.7 Å². The normalized spacial score (nSPS) is 14.7. The number of amides is 1. The van der Waals surface area contributed by atoms with Gasteiger partial charge in [0, 0.05) is 18.1 Å². The first-order valence-electron chi connectivity index (χ1n) is 8.69. The number of nitrogens with one attached hydrogen (secondary N) is 1. The third-order valence-electron chi connectivity index (χ3n) is 4.58. The number of hydrogen-bond donors (Lipinski definition) is 1. The molecule has 0 aliphatic heterocycles. The van der Waals surface area contributed by atoms with E-state index in [4.69, 9.17) is 4.74 Å². The van der Waals surface area contributed by atoms with Crippen LogP contribution in [0.4, 0.5) is 5.00 Å². The quantitative estimate of drug-likeness (QED) is 0.659. The number of nitriles is 1. The van der Waals surface area contributed by atoms with E-state index >= 15 is 0 Å². The summed E-state index contributed by atoms with van der Waals surface area (Å²) in [6, 6.07) is 5.60. The summed E-state index contributed by atoms with van der Waals surface area (Å²) >= 11 is 1.47. The van der Waals surface area contributed by atoms with Gasteiger partial charge in [-0.15, -0.1) is 11.3 Å². The average molecular weight is 371 g/mol. The third-order valence-corrected chi connectivity index (χ3v) is 5.78. The topological polar surface area (TPSA) is 84.1 Å². The van der Waals surface area contributed by atoms with Crippen LogP contribution >= 0.6 is 11.3 Å². The lowest BCUT2D eigenvalue weighted by Crippen LogP contribution is -2.30. The Morgan fingerprint density at radius 3 is 2.81 bits per heavy atom. The van der Waals surface area contributed by atoms with Gasteiger partial charge in [0.25, 0.3) is 5.91 Å². The summed E-state index contributed by atoms with van der Waals surface area (Å²) in [5.41, 5.74) is 2.00. The lowest BCUT2D eigenvalue weighted by Gasteiger charge is -2.13. The maximum absolute atomic E-state index is 12.5. The molecule has 1 atom stereocenters. The number of ether oxygens (including phenoxy) is 1. The van der Waals surface area contributed by atoms with Gasteiger partial charge in [0.1, 0.15) is 16.8 Å². The van der Waals surface area contributed by atoms with Gasteiger partial charge in [-0.05, 0) is 50.3 Å².